The lowest BCUT2D eigenvalue weighted by atomic mass is 10.2. The molecule has 126 valence electrons. The third-order valence-electron chi connectivity index (χ3n) is 3.40. The standard InChI is InChI=1S/C20H18N2O3/c23-20(16-5-4-12-21-15-16)22-17-8-10-19(11-9-17)25-14-13-24-18-6-2-1-3-7-18/h1-12,15H,13-14H2,(H,22,23). The molecule has 25 heavy (non-hydrogen) atoms. The molecule has 0 radical (unpaired) electrons. The van der Waals surface area contributed by atoms with Crippen molar-refractivity contribution >= 4 is 11.6 Å². The van der Waals surface area contributed by atoms with Crippen molar-refractivity contribution in [1.29, 1.82) is 0 Å². The van der Waals surface area contributed by atoms with E-state index >= 15 is 0 Å². The van der Waals surface area contributed by atoms with Gasteiger partial charge in [0, 0.05) is 18.1 Å². The highest BCUT2D eigenvalue weighted by molar-refractivity contribution is 6.04. The van der Waals surface area contributed by atoms with E-state index in [0.717, 1.165) is 11.5 Å². The van der Waals surface area contributed by atoms with Gasteiger partial charge in [0.1, 0.15) is 24.7 Å². The molecule has 0 spiro atoms. The maximum absolute atomic E-state index is 12.0. The maximum Gasteiger partial charge on any atom is 0.257 e. The van der Waals surface area contributed by atoms with Gasteiger partial charge in [-0.2, -0.15) is 0 Å². The Kier molecular flexibility index (Phi) is 5.61. The van der Waals surface area contributed by atoms with E-state index in [9.17, 15) is 4.79 Å². The first-order valence-electron chi connectivity index (χ1n) is 7.93. The second kappa shape index (κ2) is 8.49. The maximum atomic E-state index is 12.0. The van der Waals surface area contributed by atoms with Crippen LogP contribution in [0.25, 0.3) is 0 Å². The largest absolute Gasteiger partial charge is 0.490 e. The summed E-state index contributed by atoms with van der Waals surface area (Å²) in [5.74, 6) is 1.34. The Bertz CT molecular complexity index is 790. The Hall–Kier alpha value is -3.34. The van der Waals surface area contributed by atoms with Crippen molar-refractivity contribution in [2.24, 2.45) is 0 Å². The molecule has 1 amide bonds. The smallest absolute Gasteiger partial charge is 0.257 e. The lowest BCUT2D eigenvalue weighted by molar-refractivity contribution is 0.102. The second-order valence-corrected chi connectivity index (χ2v) is 5.23. The normalized spacial score (nSPS) is 10.1. The number of hydrogen-bond donors (Lipinski definition) is 1. The Morgan fingerprint density at radius 1 is 0.840 bits per heavy atom. The van der Waals surface area contributed by atoms with E-state index in [1.54, 1.807) is 42.6 Å². The molecule has 2 aromatic carbocycles. The number of ether oxygens (including phenoxy) is 2. The molecular formula is C20H18N2O3. The molecule has 0 atom stereocenters. The van der Waals surface area contributed by atoms with Crippen molar-refractivity contribution in [3.8, 4) is 11.5 Å². The fourth-order valence-electron chi connectivity index (χ4n) is 2.17. The van der Waals surface area contributed by atoms with E-state index in [1.165, 1.54) is 6.20 Å². The third kappa shape index (κ3) is 5.07. The van der Waals surface area contributed by atoms with Crippen LogP contribution in [0.4, 0.5) is 5.69 Å². The van der Waals surface area contributed by atoms with E-state index in [4.69, 9.17) is 9.47 Å². The molecule has 0 saturated carbocycles. The number of hydrogen-bond acceptors (Lipinski definition) is 4. The van der Waals surface area contributed by atoms with Crippen molar-refractivity contribution < 1.29 is 14.3 Å². The van der Waals surface area contributed by atoms with Crippen molar-refractivity contribution in [3.63, 3.8) is 0 Å². The first-order valence-corrected chi connectivity index (χ1v) is 7.93. The van der Waals surface area contributed by atoms with Crippen molar-refractivity contribution in [2.45, 2.75) is 0 Å². The fraction of sp³-hybridized carbons (Fsp3) is 0.100. The average molecular weight is 334 g/mol. The Morgan fingerprint density at radius 3 is 2.16 bits per heavy atom. The van der Waals surface area contributed by atoms with Crippen LogP contribution in [-0.2, 0) is 0 Å². The van der Waals surface area contributed by atoms with Gasteiger partial charge in [-0.1, -0.05) is 18.2 Å². The molecule has 0 aliphatic carbocycles. The highest BCUT2D eigenvalue weighted by Gasteiger charge is 2.05. The van der Waals surface area contributed by atoms with Crippen LogP contribution < -0.4 is 14.8 Å². The summed E-state index contributed by atoms with van der Waals surface area (Å²) in [6.45, 7) is 0.903. The Morgan fingerprint density at radius 2 is 1.52 bits per heavy atom. The summed E-state index contributed by atoms with van der Waals surface area (Å²) in [6, 6.07) is 20.2. The molecule has 1 N–H and O–H groups in total. The van der Waals surface area contributed by atoms with Crippen LogP contribution in [-0.4, -0.2) is 24.1 Å². The van der Waals surface area contributed by atoms with E-state index in [0.29, 0.717) is 24.5 Å². The number of carbonyl (C=O) groups excluding carboxylic acids is 1. The predicted octanol–water partition coefficient (Wildman–Crippen LogP) is 3.79. The summed E-state index contributed by atoms with van der Waals surface area (Å²) < 4.78 is 11.2. The van der Waals surface area contributed by atoms with Gasteiger partial charge in [-0.25, -0.2) is 0 Å². The second-order valence-electron chi connectivity index (χ2n) is 5.23. The van der Waals surface area contributed by atoms with Gasteiger partial charge < -0.3 is 14.8 Å². The molecular weight excluding hydrogens is 316 g/mol. The zero-order valence-electron chi connectivity index (χ0n) is 13.6. The molecule has 0 aliphatic heterocycles. The van der Waals surface area contributed by atoms with Gasteiger partial charge in [-0.3, -0.25) is 9.78 Å². The number of anilines is 1. The highest BCUT2D eigenvalue weighted by Crippen LogP contribution is 2.16. The molecule has 3 rings (SSSR count). The van der Waals surface area contributed by atoms with Gasteiger partial charge in [0.25, 0.3) is 5.91 Å². The molecule has 0 bridgehead atoms. The number of rotatable bonds is 7. The zero-order chi connectivity index (χ0) is 17.3. The summed E-state index contributed by atoms with van der Waals surface area (Å²) in [7, 11) is 0. The number of amides is 1. The molecule has 3 aromatic rings. The Balaban J connectivity index is 1.45. The number of nitrogens with one attached hydrogen (secondary N) is 1. The van der Waals surface area contributed by atoms with Crippen LogP contribution in [0.5, 0.6) is 11.5 Å². The minimum Gasteiger partial charge on any atom is -0.490 e. The van der Waals surface area contributed by atoms with Crippen LogP contribution >= 0.6 is 0 Å². The van der Waals surface area contributed by atoms with Gasteiger partial charge in [-0.15, -0.1) is 0 Å². The third-order valence-corrected chi connectivity index (χ3v) is 3.40. The van der Waals surface area contributed by atoms with Gasteiger partial charge >= 0.3 is 0 Å². The molecule has 0 unspecified atom stereocenters. The van der Waals surface area contributed by atoms with Crippen LogP contribution in [0.1, 0.15) is 10.4 Å². The van der Waals surface area contributed by atoms with Crippen molar-refractivity contribution in [1.82, 2.24) is 4.98 Å². The Labute approximate surface area is 146 Å². The molecule has 1 heterocycles. The van der Waals surface area contributed by atoms with Crippen molar-refractivity contribution in [3.05, 3.63) is 84.7 Å². The van der Waals surface area contributed by atoms with E-state index < -0.39 is 0 Å². The first-order chi connectivity index (χ1) is 12.3. The van der Waals surface area contributed by atoms with Crippen molar-refractivity contribution in [2.75, 3.05) is 18.5 Å². The zero-order valence-corrected chi connectivity index (χ0v) is 13.6. The number of para-hydroxylation sites is 1. The highest BCUT2D eigenvalue weighted by atomic mass is 16.5. The van der Waals surface area contributed by atoms with Crippen LogP contribution in [0.3, 0.4) is 0 Å². The molecule has 5 heteroatoms. The minimum atomic E-state index is -0.196. The molecule has 5 nitrogen and oxygen atoms in total. The number of pyridine rings is 1. The van der Waals surface area contributed by atoms with Crippen LogP contribution in [0, 0.1) is 0 Å². The molecule has 0 aliphatic rings. The number of benzene rings is 2. The summed E-state index contributed by atoms with van der Waals surface area (Å²) in [5, 5.41) is 2.82. The first kappa shape index (κ1) is 16.5. The number of nitrogens with zero attached hydrogens (tertiary/aromatic N) is 1. The summed E-state index contributed by atoms with van der Waals surface area (Å²) in [6.07, 6.45) is 3.16. The lowest BCUT2D eigenvalue weighted by Gasteiger charge is -2.09. The molecule has 0 saturated heterocycles. The van der Waals surface area contributed by atoms with Crippen LogP contribution in [0.2, 0.25) is 0 Å². The van der Waals surface area contributed by atoms with Crippen LogP contribution in [0.15, 0.2) is 79.1 Å². The summed E-state index contributed by atoms with van der Waals surface area (Å²) in [4.78, 5) is 16.0. The summed E-state index contributed by atoms with van der Waals surface area (Å²) >= 11 is 0. The average Bonchev–Trinajstić information content (AvgIpc) is 2.68. The molecule has 1 aromatic heterocycles. The monoisotopic (exact) mass is 334 g/mol. The summed E-state index contributed by atoms with van der Waals surface area (Å²) in [5.41, 5.74) is 1.21. The molecule has 0 fully saturated rings. The van der Waals surface area contributed by atoms with E-state index in [-0.39, 0.29) is 5.91 Å². The number of aromatic nitrogens is 1. The minimum absolute atomic E-state index is 0.196. The van der Waals surface area contributed by atoms with Gasteiger partial charge in [0.2, 0.25) is 0 Å². The number of carbonyl (C=O) groups is 1. The fourth-order valence-corrected chi connectivity index (χ4v) is 2.17. The topological polar surface area (TPSA) is 60.5 Å². The van der Waals surface area contributed by atoms with Gasteiger partial charge in [0.15, 0.2) is 0 Å². The van der Waals surface area contributed by atoms with Gasteiger partial charge in [0.05, 0.1) is 5.56 Å². The van der Waals surface area contributed by atoms with Gasteiger partial charge in [-0.05, 0) is 48.5 Å². The lowest BCUT2D eigenvalue weighted by Crippen LogP contribution is -2.12. The van der Waals surface area contributed by atoms with E-state index in [1.807, 2.05) is 30.3 Å². The quantitative estimate of drug-likeness (QED) is 0.668. The van der Waals surface area contributed by atoms with E-state index in [2.05, 4.69) is 10.3 Å². The SMILES string of the molecule is O=C(Nc1ccc(OCCOc2ccccc2)cc1)c1cccnc1. The predicted molar refractivity (Wildman–Crippen MR) is 96.1 cm³/mol.